The van der Waals surface area contributed by atoms with E-state index in [-0.39, 0.29) is 23.9 Å². The van der Waals surface area contributed by atoms with Gasteiger partial charge in [-0.25, -0.2) is 8.42 Å². The van der Waals surface area contributed by atoms with Gasteiger partial charge < -0.3 is 14.8 Å². The smallest absolute Gasteiger partial charge is 0.243 e. The molecular formula is C25H28N2O5S. The quantitative estimate of drug-likeness (QED) is 0.504. The number of anilines is 1. The van der Waals surface area contributed by atoms with E-state index in [2.05, 4.69) is 5.32 Å². The third-order valence-electron chi connectivity index (χ3n) is 5.18. The molecule has 3 aromatic carbocycles. The highest BCUT2D eigenvalue weighted by Crippen LogP contribution is 2.26. The average molecular weight is 469 g/mol. The number of hydrogen-bond acceptors (Lipinski definition) is 5. The largest absolute Gasteiger partial charge is 0.497 e. The highest BCUT2D eigenvalue weighted by Gasteiger charge is 2.26. The van der Waals surface area contributed by atoms with Crippen molar-refractivity contribution in [1.29, 1.82) is 0 Å². The lowest BCUT2D eigenvalue weighted by molar-refractivity contribution is -0.114. The van der Waals surface area contributed by atoms with Crippen molar-refractivity contribution in [3.8, 4) is 11.5 Å². The highest BCUT2D eigenvalue weighted by molar-refractivity contribution is 7.89. The van der Waals surface area contributed by atoms with Gasteiger partial charge in [-0.1, -0.05) is 24.3 Å². The molecule has 0 unspecified atom stereocenters. The second-order valence-corrected chi connectivity index (χ2v) is 9.57. The first-order valence-corrected chi connectivity index (χ1v) is 11.8. The van der Waals surface area contributed by atoms with E-state index < -0.39 is 10.0 Å². The van der Waals surface area contributed by atoms with Crippen LogP contribution in [0.5, 0.6) is 11.5 Å². The molecule has 0 fully saturated rings. The Morgan fingerprint density at radius 3 is 1.73 bits per heavy atom. The molecule has 1 amide bonds. The van der Waals surface area contributed by atoms with Crippen molar-refractivity contribution in [2.45, 2.75) is 31.8 Å². The number of ether oxygens (including phenoxy) is 2. The van der Waals surface area contributed by atoms with Crippen LogP contribution in [0.4, 0.5) is 5.69 Å². The van der Waals surface area contributed by atoms with Crippen molar-refractivity contribution in [3.63, 3.8) is 0 Å². The van der Waals surface area contributed by atoms with Crippen LogP contribution in [0.1, 0.15) is 23.6 Å². The highest BCUT2D eigenvalue weighted by atomic mass is 32.2. The van der Waals surface area contributed by atoms with Crippen LogP contribution in [0, 0.1) is 6.92 Å². The lowest BCUT2D eigenvalue weighted by Crippen LogP contribution is -2.30. The summed E-state index contributed by atoms with van der Waals surface area (Å²) in [6.45, 7) is 3.55. The molecule has 0 saturated carbocycles. The third-order valence-corrected chi connectivity index (χ3v) is 6.97. The summed E-state index contributed by atoms with van der Waals surface area (Å²) in [6, 6.07) is 19.3. The summed E-state index contributed by atoms with van der Waals surface area (Å²) >= 11 is 0. The number of carbonyl (C=O) groups excluding carboxylic acids is 1. The van der Waals surface area contributed by atoms with Gasteiger partial charge in [0.05, 0.1) is 19.1 Å². The maximum Gasteiger partial charge on any atom is 0.243 e. The van der Waals surface area contributed by atoms with Crippen molar-refractivity contribution in [2.24, 2.45) is 0 Å². The number of sulfonamides is 1. The van der Waals surface area contributed by atoms with E-state index in [1.165, 1.54) is 17.3 Å². The number of nitrogens with one attached hydrogen (secondary N) is 1. The van der Waals surface area contributed by atoms with Gasteiger partial charge in [0, 0.05) is 25.7 Å². The Morgan fingerprint density at radius 2 is 1.33 bits per heavy atom. The summed E-state index contributed by atoms with van der Waals surface area (Å²) in [5.41, 5.74) is 2.91. The maximum atomic E-state index is 13.7. The molecule has 0 saturated heterocycles. The van der Waals surface area contributed by atoms with Gasteiger partial charge in [-0.2, -0.15) is 4.31 Å². The second-order valence-electron chi connectivity index (χ2n) is 7.63. The normalized spacial score (nSPS) is 11.3. The number of benzene rings is 3. The topological polar surface area (TPSA) is 84.9 Å². The van der Waals surface area contributed by atoms with E-state index >= 15 is 0 Å². The van der Waals surface area contributed by atoms with Gasteiger partial charge in [-0.05, 0) is 66.1 Å². The van der Waals surface area contributed by atoms with E-state index in [4.69, 9.17) is 9.47 Å². The molecule has 0 atom stereocenters. The minimum absolute atomic E-state index is 0.163. The lowest BCUT2D eigenvalue weighted by Gasteiger charge is -2.23. The molecule has 0 radical (unpaired) electrons. The summed E-state index contributed by atoms with van der Waals surface area (Å²) in [4.78, 5) is 11.6. The van der Waals surface area contributed by atoms with Crippen LogP contribution in [0.3, 0.4) is 0 Å². The molecule has 33 heavy (non-hydrogen) atoms. The monoisotopic (exact) mass is 468 g/mol. The first-order chi connectivity index (χ1) is 15.7. The Labute approximate surface area is 195 Å². The van der Waals surface area contributed by atoms with Crippen LogP contribution in [-0.4, -0.2) is 32.8 Å². The fourth-order valence-corrected chi connectivity index (χ4v) is 4.87. The van der Waals surface area contributed by atoms with E-state index in [9.17, 15) is 13.2 Å². The number of amides is 1. The fourth-order valence-electron chi connectivity index (χ4n) is 3.37. The Hall–Kier alpha value is -3.36. The summed E-state index contributed by atoms with van der Waals surface area (Å²) in [6.07, 6.45) is 0. The molecule has 7 nitrogen and oxygen atoms in total. The molecule has 0 aliphatic heterocycles. The van der Waals surface area contributed by atoms with Crippen molar-refractivity contribution in [1.82, 2.24) is 4.31 Å². The SMILES string of the molecule is COc1ccc(CN(Cc2ccc(OC)cc2)S(=O)(=O)c2ccc(NC(C)=O)c(C)c2)cc1. The molecule has 0 aliphatic carbocycles. The Bertz CT molecular complexity index is 1160. The van der Waals surface area contributed by atoms with Crippen LogP contribution in [0.25, 0.3) is 0 Å². The number of rotatable bonds is 9. The molecule has 174 valence electrons. The summed E-state index contributed by atoms with van der Waals surface area (Å²) in [5.74, 6) is 1.19. The van der Waals surface area contributed by atoms with Crippen LogP contribution >= 0.6 is 0 Å². The number of carbonyl (C=O) groups is 1. The number of aryl methyl sites for hydroxylation is 1. The predicted octanol–water partition coefficient (Wildman–Crippen LogP) is 4.36. The Balaban J connectivity index is 1.96. The second kappa shape index (κ2) is 10.5. The zero-order valence-electron chi connectivity index (χ0n) is 19.2. The first-order valence-electron chi connectivity index (χ1n) is 10.4. The van der Waals surface area contributed by atoms with Gasteiger partial charge in [-0.3, -0.25) is 4.79 Å². The van der Waals surface area contributed by atoms with Crippen LogP contribution in [0.2, 0.25) is 0 Å². The zero-order valence-corrected chi connectivity index (χ0v) is 20.0. The summed E-state index contributed by atoms with van der Waals surface area (Å²) < 4.78 is 39.2. The molecule has 8 heteroatoms. The summed E-state index contributed by atoms with van der Waals surface area (Å²) in [5, 5.41) is 2.71. The zero-order chi connectivity index (χ0) is 24.0. The molecular weight excluding hydrogens is 440 g/mol. The summed E-state index contributed by atoms with van der Waals surface area (Å²) in [7, 11) is -0.667. The Morgan fingerprint density at radius 1 is 0.848 bits per heavy atom. The Kier molecular flexibility index (Phi) is 7.73. The van der Waals surface area contributed by atoms with E-state index in [1.807, 2.05) is 24.3 Å². The van der Waals surface area contributed by atoms with Gasteiger partial charge in [-0.15, -0.1) is 0 Å². The van der Waals surface area contributed by atoms with Gasteiger partial charge in [0.2, 0.25) is 15.9 Å². The minimum Gasteiger partial charge on any atom is -0.497 e. The lowest BCUT2D eigenvalue weighted by atomic mass is 10.2. The van der Waals surface area contributed by atoms with E-state index in [0.717, 1.165) is 11.1 Å². The van der Waals surface area contributed by atoms with E-state index in [0.29, 0.717) is 22.7 Å². The van der Waals surface area contributed by atoms with Crippen molar-refractivity contribution in [3.05, 3.63) is 83.4 Å². The molecule has 0 aliphatic rings. The third kappa shape index (κ3) is 6.12. The van der Waals surface area contributed by atoms with Gasteiger partial charge >= 0.3 is 0 Å². The first kappa shape index (κ1) is 24.3. The van der Waals surface area contributed by atoms with Crippen molar-refractivity contribution < 1.29 is 22.7 Å². The molecule has 0 aromatic heterocycles. The van der Waals surface area contributed by atoms with Crippen molar-refractivity contribution in [2.75, 3.05) is 19.5 Å². The maximum absolute atomic E-state index is 13.7. The van der Waals surface area contributed by atoms with Gasteiger partial charge in [0.1, 0.15) is 11.5 Å². The molecule has 3 aromatic rings. The molecule has 0 heterocycles. The van der Waals surface area contributed by atoms with Crippen LogP contribution in [-0.2, 0) is 27.9 Å². The van der Waals surface area contributed by atoms with Crippen molar-refractivity contribution >= 4 is 21.6 Å². The number of hydrogen-bond donors (Lipinski definition) is 1. The van der Waals surface area contributed by atoms with Gasteiger partial charge in [0.15, 0.2) is 0 Å². The minimum atomic E-state index is -3.84. The van der Waals surface area contributed by atoms with Crippen LogP contribution in [0.15, 0.2) is 71.6 Å². The van der Waals surface area contributed by atoms with Crippen LogP contribution < -0.4 is 14.8 Å². The van der Waals surface area contributed by atoms with Gasteiger partial charge in [0.25, 0.3) is 0 Å². The molecule has 0 bridgehead atoms. The fraction of sp³-hybridized carbons (Fsp3) is 0.240. The van der Waals surface area contributed by atoms with E-state index in [1.54, 1.807) is 57.5 Å². The predicted molar refractivity (Wildman–Crippen MR) is 128 cm³/mol. The standard InChI is InChI=1S/C25H28N2O5S/c1-18-15-24(13-14-25(18)26-19(2)28)33(29,30)27(16-20-5-9-22(31-3)10-6-20)17-21-7-11-23(32-4)12-8-21/h5-15H,16-17H2,1-4H3,(H,26,28). The number of nitrogens with zero attached hydrogens (tertiary/aromatic N) is 1. The number of methoxy groups -OCH3 is 2. The molecule has 1 N–H and O–H groups in total. The average Bonchev–Trinajstić information content (AvgIpc) is 2.80. The molecule has 3 rings (SSSR count). The molecule has 0 spiro atoms.